The third-order valence-electron chi connectivity index (χ3n) is 8.19. The molecule has 7 aromatic rings. The zero-order chi connectivity index (χ0) is 28.1. The first-order chi connectivity index (χ1) is 20.0. The lowest BCUT2D eigenvalue weighted by molar-refractivity contribution is 1.31. The molecule has 0 saturated heterocycles. The molecule has 0 amide bonds. The van der Waals surface area contributed by atoms with Crippen molar-refractivity contribution in [2.75, 3.05) is 0 Å². The molecule has 41 heavy (non-hydrogen) atoms. The van der Waals surface area contributed by atoms with Crippen molar-refractivity contribution in [2.45, 2.75) is 13.8 Å². The molecule has 196 valence electrons. The number of para-hydroxylation sites is 2. The minimum atomic E-state index is 0.967. The highest BCUT2D eigenvalue weighted by atomic mass is 15.0. The molecule has 0 radical (unpaired) electrons. The van der Waals surface area contributed by atoms with Crippen molar-refractivity contribution >= 4 is 60.8 Å². The van der Waals surface area contributed by atoms with Crippen LogP contribution >= 0.6 is 0 Å². The summed E-state index contributed by atoms with van der Waals surface area (Å²) < 4.78 is 2.30. The second-order valence-electron chi connectivity index (χ2n) is 10.7. The molecule has 0 aliphatic heterocycles. The summed E-state index contributed by atoms with van der Waals surface area (Å²) >= 11 is 0. The summed E-state index contributed by atoms with van der Waals surface area (Å²) in [6.07, 6.45) is 6.28. The van der Waals surface area contributed by atoms with Crippen LogP contribution in [0.4, 0.5) is 0 Å². The van der Waals surface area contributed by atoms with E-state index in [9.17, 15) is 0 Å². The van der Waals surface area contributed by atoms with Crippen molar-refractivity contribution in [1.82, 2.24) is 9.38 Å². The third-order valence-corrected chi connectivity index (χ3v) is 8.19. The molecular weight excluding hydrogens is 496 g/mol. The number of imidazole rings is 1. The fourth-order valence-corrected chi connectivity index (χ4v) is 5.95. The number of aromatic nitrogens is 2. The molecule has 0 unspecified atom stereocenters. The van der Waals surface area contributed by atoms with E-state index in [1.807, 2.05) is 6.08 Å². The van der Waals surface area contributed by atoms with Crippen molar-refractivity contribution < 1.29 is 0 Å². The van der Waals surface area contributed by atoms with Crippen molar-refractivity contribution in [3.05, 3.63) is 156 Å². The smallest absolute Gasteiger partial charge is 0.146 e. The van der Waals surface area contributed by atoms with Gasteiger partial charge in [0.25, 0.3) is 0 Å². The van der Waals surface area contributed by atoms with Crippen molar-refractivity contribution in [3.63, 3.8) is 0 Å². The fourth-order valence-electron chi connectivity index (χ4n) is 5.95. The molecule has 0 saturated carbocycles. The third kappa shape index (κ3) is 4.08. The molecule has 0 bridgehead atoms. The zero-order valence-electron chi connectivity index (χ0n) is 23.4. The van der Waals surface area contributed by atoms with Crippen LogP contribution in [0.3, 0.4) is 0 Å². The monoisotopic (exact) mass is 526 g/mol. The SMILES string of the molecule is C=C/C(=C\C(=C)/C(C)=C/c1ccccc1C)c1ccc2c(c1)c1c3ccccc3ccc1c1nc3ccccc3n21. The van der Waals surface area contributed by atoms with E-state index < -0.39 is 0 Å². The van der Waals surface area contributed by atoms with Crippen molar-refractivity contribution in [1.29, 1.82) is 0 Å². The largest absolute Gasteiger partial charge is 0.292 e. The standard InChI is InChI=1S/C39H30N2/c1-5-28(22-26(3)27(4)23-30-14-7-6-12-25(30)2)31-19-21-36-34(24-31)38-32-15-9-8-13-29(32)18-20-33(38)39-40-35-16-10-11-17-37(35)41(36)39/h5-24H,1,3H2,2,4H3/b27-23+,28-22+. The normalized spacial score (nSPS) is 12.6. The van der Waals surface area contributed by atoms with E-state index in [0.29, 0.717) is 0 Å². The molecule has 5 aromatic carbocycles. The Morgan fingerprint density at radius 2 is 1.56 bits per heavy atom. The number of aryl methyl sites for hydroxylation is 1. The number of benzene rings is 5. The predicted molar refractivity (Wildman–Crippen MR) is 177 cm³/mol. The van der Waals surface area contributed by atoms with Crippen molar-refractivity contribution in [3.8, 4) is 0 Å². The van der Waals surface area contributed by atoms with E-state index in [0.717, 1.165) is 49.9 Å². The predicted octanol–water partition coefficient (Wildman–Crippen LogP) is 10.5. The van der Waals surface area contributed by atoms with Gasteiger partial charge in [-0.15, -0.1) is 0 Å². The molecular formula is C39H30N2. The molecule has 0 N–H and O–H groups in total. The number of hydrogen-bond donors (Lipinski definition) is 0. The lowest BCUT2D eigenvalue weighted by Crippen LogP contribution is -1.94. The van der Waals surface area contributed by atoms with Crippen LogP contribution in [0.15, 0.2) is 140 Å². The van der Waals surface area contributed by atoms with E-state index >= 15 is 0 Å². The lowest BCUT2D eigenvalue weighted by Gasteiger charge is -2.14. The highest BCUT2D eigenvalue weighted by Gasteiger charge is 2.16. The quantitative estimate of drug-likeness (QED) is 0.161. The second kappa shape index (κ2) is 9.76. The van der Waals surface area contributed by atoms with Gasteiger partial charge >= 0.3 is 0 Å². The van der Waals surface area contributed by atoms with Crippen LogP contribution in [0, 0.1) is 6.92 Å². The summed E-state index contributed by atoms with van der Waals surface area (Å²) in [6.45, 7) is 12.8. The van der Waals surface area contributed by atoms with E-state index in [2.05, 4.69) is 147 Å². The Morgan fingerprint density at radius 1 is 0.780 bits per heavy atom. The first kappa shape index (κ1) is 24.8. The van der Waals surface area contributed by atoms with Crippen molar-refractivity contribution in [2.24, 2.45) is 0 Å². The number of fused-ring (bicyclic) bond motifs is 10. The Labute approximate surface area is 239 Å². The van der Waals surface area contributed by atoms with E-state index in [1.165, 1.54) is 32.7 Å². The number of hydrogen-bond acceptors (Lipinski definition) is 1. The Kier molecular flexibility index (Phi) is 5.91. The van der Waals surface area contributed by atoms with Crippen LogP contribution in [0.5, 0.6) is 0 Å². The first-order valence-electron chi connectivity index (χ1n) is 14.0. The first-order valence-corrected chi connectivity index (χ1v) is 14.0. The highest BCUT2D eigenvalue weighted by Crippen LogP contribution is 2.38. The number of allylic oxidation sites excluding steroid dienone is 5. The maximum Gasteiger partial charge on any atom is 0.146 e. The second-order valence-corrected chi connectivity index (χ2v) is 10.7. The number of pyridine rings is 1. The van der Waals surface area contributed by atoms with Gasteiger partial charge < -0.3 is 0 Å². The summed E-state index contributed by atoms with van der Waals surface area (Å²) in [5.41, 5.74) is 10.9. The molecule has 2 heterocycles. The van der Waals surface area contributed by atoms with E-state index in [-0.39, 0.29) is 0 Å². The summed E-state index contributed by atoms with van der Waals surface area (Å²) in [7, 11) is 0. The number of nitrogens with zero attached hydrogens (tertiary/aromatic N) is 2. The van der Waals surface area contributed by atoms with Gasteiger partial charge in [0.2, 0.25) is 0 Å². The van der Waals surface area contributed by atoms with Gasteiger partial charge in [-0.3, -0.25) is 4.40 Å². The van der Waals surface area contributed by atoms with E-state index in [1.54, 1.807) is 0 Å². The molecule has 2 heteroatoms. The molecule has 2 aromatic heterocycles. The van der Waals surface area contributed by atoms with Gasteiger partial charge in [-0.05, 0) is 94.4 Å². The van der Waals surface area contributed by atoms with Crippen LogP contribution in [-0.2, 0) is 0 Å². The van der Waals surface area contributed by atoms with Gasteiger partial charge in [0.15, 0.2) is 0 Å². The highest BCUT2D eigenvalue weighted by molar-refractivity contribution is 6.24. The van der Waals surface area contributed by atoms with Gasteiger partial charge in [-0.2, -0.15) is 0 Å². The lowest BCUT2D eigenvalue weighted by atomic mass is 9.94. The van der Waals surface area contributed by atoms with Gasteiger partial charge in [0, 0.05) is 16.2 Å². The van der Waals surface area contributed by atoms with Crippen LogP contribution < -0.4 is 0 Å². The zero-order valence-corrected chi connectivity index (χ0v) is 23.4. The average Bonchev–Trinajstić information content (AvgIpc) is 3.40. The van der Waals surface area contributed by atoms with Gasteiger partial charge in [0.1, 0.15) is 5.65 Å². The molecule has 0 fully saturated rings. The Morgan fingerprint density at radius 3 is 2.41 bits per heavy atom. The average molecular weight is 527 g/mol. The Bertz CT molecular complexity index is 2260. The molecule has 7 rings (SSSR count). The molecule has 0 aliphatic carbocycles. The summed E-state index contributed by atoms with van der Waals surface area (Å²) in [6, 6.07) is 36.5. The molecule has 0 atom stereocenters. The fraction of sp³-hybridized carbons (Fsp3) is 0.0513. The number of rotatable bonds is 5. The van der Waals surface area contributed by atoms with Gasteiger partial charge in [0.05, 0.1) is 16.6 Å². The topological polar surface area (TPSA) is 17.3 Å². The minimum Gasteiger partial charge on any atom is -0.292 e. The minimum absolute atomic E-state index is 0.967. The molecule has 2 nitrogen and oxygen atoms in total. The van der Waals surface area contributed by atoms with Crippen LogP contribution in [-0.4, -0.2) is 9.38 Å². The van der Waals surface area contributed by atoms with Crippen LogP contribution in [0.25, 0.3) is 60.8 Å². The van der Waals surface area contributed by atoms with Gasteiger partial charge in [-0.1, -0.05) is 98.1 Å². The summed E-state index contributed by atoms with van der Waals surface area (Å²) in [5.74, 6) is 0. The van der Waals surface area contributed by atoms with Gasteiger partial charge in [-0.25, -0.2) is 4.98 Å². The summed E-state index contributed by atoms with van der Waals surface area (Å²) in [5, 5.41) is 6.01. The Balaban J connectivity index is 1.48. The van der Waals surface area contributed by atoms with Crippen LogP contribution in [0.2, 0.25) is 0 Å². The van der Waals surface area contributed by atoms with Crippen LogP contribution in [0.1, 0.15) is 23.6 Å². The maximum absolute atomic E-state index is 5.09. The molecule has 0 spiro atoms. The Hall–Kier alpha value is -5.21. The molecule has 0 aliphatic rings. The maximum atomic E-state index is 5.09. The van der Waals surface area contributed by atoms with E-state index in [4.69, 9.17) is 4.98 Å². The summed E-state index contributed by atoms with van der Waals surface area (Å²) in [4.78, 5) is 5.09.